The molecule has 0 aliphatic carbocycles. The zero-order valence-electron chi connectivity index (χ0n) is 18.4. The van der Waals surface area contributed by atoms with Gasteiger partial charge in [0.05, 0.1) is 17.1 Å². The van der Waals surface area contributed by atoms with Crippen molar-refractivity contribution in [3.8, 4) is 0 Å². The summed E-state index contributed by atoms with van der Waals surface area (Å²) in [5.74, 6) is -0.526. The van der Waals surface area contributed by atoms with Gasteiger partial charge in [0.15, 0.2) is 5.60 Å². The highest BCUT2D eigenvalue weighted by Gasteiger charge is 2.51. The minimum absolute atomic E-state index is 0.0487. The summed E-state index contributed by atoms with van der Waals surface area (Å²) in [5.41, 5.74) is -0.553. The minimum Gasteiger partial charge on any atom is -0.372 e. The lowest BCUT2D eigenvalue weighted by Crippen LogP contribution is -2.41. The highest BCUT2D eigenvalue weighted by atomic mass is 35.5. The fraction of sp³-hybridized carbons (Fsp3) is 0.250. The third-order valence-electron chi connectivity index (χ3n) is 5.29. The molecule has 1 atom stereocenters. The third kappa shape index (κ3) is 4.39. The highest BCUT2D eigenvalue weighted by Crippen LogP contribution is 2.45. The van der Waals surface area contributed by atoms with Crippen molar-refractivity contribution in [2.75, 3.05) is 4.90 Å². The van der Waals surface area contributed by atoms with E-state index in [0.717, 1.165) is 5.56 Å². The van der Waals surface area contributed by atoms with E-state index in [-0.39, 0.29) is 17.0 Å². The summed E-state index contributed by atoms with van der Waals surface area (Å²) in [6, 6.07) is 16.1. The van der Waals surface area contributed by atoms with E-state index in [1.165, 1.54) is 29.2 Å². The predicted molar refractivity (Wildman–Crippen MR) is 126 cm³/mol. The number of carbonyl (C=O) groups is 1. The number of anilines is 1. The van der Waals surface area contributed by atoms with Crippen LogP contribution in [0.25, 0.3) is 0 Å². The number of halogens is 1. The number of nitrogens with one attached hydrogen (secondary N) is 1. The van der Waals surface area contributed by atoms with Crippen LogP contribution < -0.4 is 9.62 Å². The Morgan fingerprint density at radius 1 is 1.06 bits per heavy atom. The molecule has 9 heteroatoms. The Balaban J connectivity index is 1.71. The van der Waals surface area contributed by atoms with Crippen LogP contribution in [0, 0.1) is 0 Å². The van der Waals surface area contributed by atoms with Crippen molar-refractivity contribution < 1.29 is 18.3 Å². The van der Waals surface area contributed by atoms with Crippen LogP contribution in [0.5, 0.6) is 0 Å². The van der Waals surface area contributed by atoms with E-state index < -0.39 is 27.1 Å². The number of hydrogen-bond donors (Lipinski definition) is 2. The number of hydrogen-bond acceptors (Lipinski definition) is 5. The smallest absolute Gasteiger partial charge is 0.268 e. The average molecular weight is 486 g/mol. The molecule has 1 aliphatic rings. The van der Waals surface area contributed by atoms with Crippen molar-refractivity contribution in [1.29, 1.82) is 0 Å². The molecule has 0 saturated carbocycles. The molecule has 0 fully saturated rings. The van der Waals surface area contributed by atoms with E-state index >= 15 is 0 Å². The summed E-state index contributed by atoms with van der Waals surface area (Å²) in [6.45, 7) is 5.45. The Labute approximate surface area is 198 Å². The molecule has 0 spiro atoms. The Morgan fingerprint density at radius 3 is 2.33 bits per heavy atom. The van der Waals surface area contributed by atoms with E-state index in [1.54, 1.807) is 63.4 Å². The molecule has 7 nitrogen and oxygen atoms in total. The molecule has 2 heterocycles. The topological polar surface area (TPSA) is 99.6 Å². The van der Waals surface area contributed by atoms with Gasteiger partial charge in [-0.25, -0.2) is 18.1 Å². The fourth-order valence-electron chi connectivity index (χ4n) is 3.89. The summed E-state index contributed by atoms with van der Waals surface area (Å²) < 4.78 is 27.9. The van der Waals surface area contributed by atoms with Gasteiger partial charge < -0.3 is 10.0 Å². The molecule has 2 aromatic carbocycles. The zero-order valence-corrected chi connectivity index (χ0v) is 20.0. The molecular formula is C24H24ClN3O4S. The zero-order chi connectivity index (χ0) is 24.0. The number of carbonyl (C=O) groups excluding carboxylic acids is 1. The van der Waals surface area contributed by atoms with Crippen LogP contribution in [-0.4, -0.2) is 30.0 Å². The van der Waals surface area contributed by atoms with E-state index in [1.807, 2.05) is 0 Å². The molecule has 2 N–H and O–H groups in total. The van der Waals surface area contributed by atoms with Crippen molar-refractivity contribution in [3.63, 3.8) is 0 Å². The Morgan fingerprint density at radius 2 is 1.73 bits per heavy atom. The van der Waals surface area contributed by atoms with Gasteiger partial charge in [0.1, 0.15) is 5.15 Å². The number of benzene rings is 2. The first-order chi connectivity index (χ1) is 15.4. The molecule has 1 aromatic heterocycles. The standard InChI is InChI=1S/C24H24ClN3O4S/c1-23(2,3)27-33(31,32)18-11-9-17(10-12-18)24(30)19-6-4-5-7-20(19)28(22(24)29)15-16-8-13-21(25)26-14-16/h4-14,27,30H,15H2,1-3H3. The van der Waals surface area contributed by atoms with E-state index in [2.05, 4.69) is 9.71 Å². The number of pyridine rings is 1. The first-order valence-corrected chi connectivity index (χ1v) is 12.2. The van der Waals surface area contributed by atoms with Crippen LogP contribution in [0.2, 0.25) is 5.15 Å². The maximum Gasteiger partial charge on any atom is 0.268 e. The summed E-state index contributed by atoms with van der Waals surface area (Å²) in [4.78, 5) is 19.1. The van der Waals surface area contributed by atoms with Crippen LogP contribution in [-0.2, 0) is 27.0 Å². The monoisotopic (exact) mass is 485 g/mol. The van der Waals surface area contributed by atoms with Crippen molar-refractivity contribution >= 4 is 33.2 Å². The second-order valence-corrected chi connectivity index (χ2v) is 11.1. The number of para-hydroxylation sites is 1. The molecular weight excluding hydrogens is 462 g/mol. The number of aliphatic hydroxyl groups is 1. The third-order valence-corrected chi connectivity index (χ3v) is 7.29. The van der Waals surface area contributed by atoms with Gasteiger partial charge in [-0.05, 0) is 56.2 Å². The highest BCUT2D eigenvalue weighted by molar-refractivity contribution is 7.89. The van der Waals surface area contributed by atoms with Gasteiger partial charge in [0.2, 0.25) is 10.0 Å². The molecule has 0 bridgehead atoms. The summed E-state index contributed by atoms with van der Waals surface area (Å²) in [5, 5.41) is 12.0. The van der Waals surface area contributed by atoms with Crippen LogP contribution >= 0.6 is 11.6 Å². The van der Waals surface area contributed by atoms with Crippen LogP contribution in [0.4, 0.5) is 5.69 Å². The minimum atomic E-state index is -3.75. The molecule has 1 amide bonds. The SMILES string of the molecule is CC(C)(C)NS(=O)(=O)c1ccc(C2(O)C(=O)N(Cc3ccc(Cl)nc3)c3ccccc32)cc1. The average Bonchev–Trinajstić information content (AvgIpc) is 2.97. The van der Waals surface area contributed by atoms with Crippen LogP contribution in [0.15, 0.2) is 71.8 Å². The maximum atomic E-state index is 13.5. The Hall–Kier alpha value is -2.78. The fourth-order valence-corrected chi connectivity index (χ4v) is 5.42. The predicted octanol–water partition coefficient (Wildman–Crippen LogP) is 3.59. The van der Waals surface area contributed by atoms with Crippen molar-refractivity contribution in [1.82, 2.24) is 9.71 Å². The van der Waals surface area contributed by atoms with Crippen molar-refractivity contribution in [2.45, 2.75) is 43.4 Å². The molecule has 3 aromatic rings. The van der Waals surface area contributed by atoms with Gasteiger partial charge in [0.25, 0.3) is 5.91 Å². The van der Waals surface area contributed by atoms with Crippen molar-refractivity contribution in [2.24, 2.45) is 0 Å². The van der Waals surface area contributed by atoms with Gasteiger partial charge in [-0.15, -0.1) is 0 Å². The first-order valence-electron chi connectivity index (χ1n) is 10.3. The van der Waals surface area contributed by atoms with Crippen molar-refractivity contribution in [3.05, 3.63) is 88.7 Å². The van der Waals surface area contributed by atoms with Gasteiger partial charge in [-0.3, -0.25) is 4.79 Å². The van der Waals surface area contributed by atoms with Gasteiger partial charge in [-0.2, -0.15) is 0 Å². The van der Waals surface area contributed by atoms with Crippen LogP contribution in [0.3, 0.4) is 0 Å². The maximum absolute atomic E-state index is 13.5. The summed E-state index contributed by atoms with van der Waals surface area (Å²) in [7, 11) is -3.75. The lowest BCUT2D eigenvalue weighted by molar-refractivity contribution is -0.132. The summed E-state index contributed by atoms with van der Waals surface area (Å²) in [6.07, 6.45) is 1.58. The number of nitrogens with zero attached hydrogens (tertiary/aromatic N) is 2. The van der Waals surface area contributed by atoms with Gasteiger partial charge in [0, 0.05) is 17.3 Å². The lowest BCUT2D eigenvalue weighted by atomic mass is 9.87. The molecule has 0 saturated heterocycles. The first kappa shape index (κ1) is 23.4. The quantitative estimate of drug-likeness (QED) is 0.538. The van der Waals surface area contributed by atoms with Gasteiger partial charge in [-0.1, -0.05) is 48.0 Å². The largest absolute Gasteiger partial charge is 0.372 e. The molecule has 4 rings (SSSR count). The Bertz CT molecular complexity index is 1300. The molecule has 33 heavy (non-hydrogen) atoms. The summed E-state index contributed by atoms with van der Waals surface area (Å²) >= 11 is 5.86. The molecule has 0 radical (unpaired) electrons. The van der Waals surface area contributed by atoms with Gasteiger partial charge >= 0.3 is 0 Å². The normalized spacial score (nSPS) is 18.5. The molecule has 1 unspecified atom stereocenters. The van der Waals surface area contributed by atoms with E-state index in [0.29, 0.717) is 16.4 Å². The number of amides is 1. The van der Waals surface area contributed by atoms with Crippen LogP contribution in [0.1, 0.15) is 37.5 Å². The number of fused-ring (bicyclic) bond motifs is 1. The second kappa shape index (κ2) is 8.22. The Kier molecular flexibility index (Phi) is 5.82. The molecule has 1 aliphatic heterocycles. The number of rotatable bonds is 5. The molecule has 172 valence electrons. The number of sulfonamides is 1. The second-order valence-electron chi connectivity index (χ2n) is 8.99. The number of aromatic nitrogens is 1. The van der Waals surface area contributed by atoms with E-state index in [4.69, 9.17) is 11.6 Å². The van der Waals surface area contributed by atoms with E-state index in [9.17, 15) is 18.3 Å². The lowest BCUT2D eigenvalue weighted by Gasteiger charge is -2.24.